The first kappa shape index (κ1) is 24.8. The number of aryl methyl sites for hydroxylation is 1. The molecule has 1 aliphatic heterocycles. The van der Waals surface area contributed by atoms with Crippen LogP contribution in [0.1, 0.15) is 44.3 Å². The van der Waals surface area contributed by atoms with Gasteiger partial charge in [-0.15, -0.1) is 5.10 Å². The predicted molar refractivity (Wildman–Crippen MR) is 149 cm³/mol. The standard InChI is InChI=1S/C29H25N9O2/c1-19(33-28(39)25-26(30)34-36-15-7-14-31-27(25)36)37-18-22-9-6-8-21(13-12-20-16-32-35(2)17-20)24(22)29(40)38(37)23-10-4-3-5-11-23/h3-11,14-17,19H,18H2,1-2H3,(H2,30,34)(H,33,39)/t19-/m1/s1. The van der Waals surface area contributed by atoms with Gasteiger partial charge in [-0.1, -0.05) is 42.2 Å². The van der Waals surface area contributed by atoms with E-state index in [2.05, 4.69) is 32.3 Å². The minimum Gasteiger partial charge on any atom is -0.381 e. The molecule has 0 saturated heterocycles. The van der Waals surface area contributed by atoms with Crippen molar-refractivity contribution in [2.45, 2.75) is 19.6 Å². The number of fused-ring (bicyclic) bond motifs is 2. The second-order valence-electron chi connectivity index (χ2n) is 9.34. The molecule has 11 nitrogen and oxygen atoms in total. The quantitative estimate of drug-likeness (QED) is 0.341. The lowest BCUT2D eigenvalue weighted by atomic mass is 9.97. The smallest absolute Gasteiger partial charge is 0.274 e. The third-order valence-corrected chi connectivity index (χ3v) is 6.63. The normalized spacial score (nSPS) is 13.9. The van der Waals surface area contributed by atoms with E-state index in [4.69, 9.17) is 5.73 Å². The summed E-state index contributed by atoms with van der Waals surface area (Å²) in [5.74, 6) is 5.63. The Kier molecular flexibility index (Phi) is 6.22. The van der Waals surface area contributed by atoms with Gasteiger partial charge in [-0.3, -0.25) is 14.3 Å². The first-order valence-electron chi connectivity index (χ1n) is 12.6. The van der Waals surface area contributed by atoms with Gasteiger partial charge in [0.15, 0.2) is 11.5 Å². The molecule has 3 N–H and O–H groups in total. The average Bonchev–Trinajstić information content (AvgIpc) is 3.53. The van der Waals surface area contributed by atoms with Gasteiger partial charge in [-0.25, -0.2) is 14.5 Å². The fourth-order valence-corrected chi connectivity index (χ4v) is 4.78. The average molecular weight is 532 g/mol. The highest BCUT2D eigenvalue weighted by molar-refractivity contribution is 6.09. The number of nitrogens with two attached hydrogens (primary N) is 1. The first-order valence-corrected chi connectivity index (χ1v) is 12.6. The summed E-state index contributed by atoms with van der Waals surface area (Å²) >= 11 is 0. The predicted octanol–water partition coefficient (Wildman–Crippen LogP) is 2.60. The first-order chi connectivity index (χ1) is 19.4. The van der Waals surface area contributed by atoms with Gasteiger partial charge in [0.1, 0.15) is 5.56 Å². The van der Waals surface area contributed by atoms with Crippen molar-refractivity contribution in [3.63, 3.8) is 0 Å². The highest BCUT2D eigenvalue weighted by Crippen LogP contribution is 2.31. The van der Waals surface area contributed by atoms with E-state index in [0.717, 1.165) is 11.1 Å². The van der Waals surface area contributed by atoms with Crippen LogP contribution in [0.4, 0.5) is 11.5 Å². The molecule has 0 bridgehead atoms. The van der Waals surface area contributed by atoms with E-state index >= 15 is 0 Å². The summed E-state index contributed by atoms with van der Waals surface area (Å²) in [5.41, 5.74) is 9.95. The number of hydrogen-bond donors (Lipinski definition) is 2. The number of nitrogens with one attached hydrogen (secondary N) is 1. The van der Waals surface area contributed by atoms with Crippen LogP contribution in [-0.4, -0.2) is 47.4 Å². The zero-order chi connectivity index (χ0) is 27.8. The summed E-state index contributed by atoms with van der Waals surface area (Å²) < 4.78 is 3.14. The lowest BCUT2D eigenvalue weighted by Gasteiger charge is -2.42. The number of nitrogen functional groups attached to an aromatic ring is 1. The van der Waals surface area contributed by atoms with Gasteiger partial charge in [-0.2, -0.15) is 10.1 Å². The van der Waals surface area contributed by atoms with E-state index in [1.807, 2.05) is 73.7 Å². The number of amides is 2. The molecule has 40 heavy (non-hydrogen) atoms. The Labute approximate surface area is 229 Å². The van der Waals surface area contributed by atoms with Crippen molar-refractivity contribution < 1.29 is 9.59 Å². The number of hydrogen-bond acceptors (Lipinski definition) is 7. The Hall–Kier alpha value is -5.47. The number of benzene rings is 2. The summed E-state index contributed by atoms with van der Waals surface area (Å²) in [7, 11) is 1.83. The molecule has 5 aromatic rings. The highest BCUT2D eigenvalue weighted by Gasteiger charge is 2.37. The third kappa shape index (κ3) is 4.42. The molecule has 0 unspecified atom stereocenters. The summed E-state index contributed by atoms with van der Waals surface area (Å²) in [4.78, 5) is 31.8. The number of carbonyl (C=O) groups excluding carboxylic acids is 2. The molecule has 1 aliphatic rings. The molecular formula is C29H25N9O2. The molecule has 0 saturated carbocycles. The molecule has 3 aromatic heterocycles. The number of para-hydroxylation sites is 1. The van der Waals surface area contributed by atoms with Crippen LogP contribution in [0.2, 0.25) is 0 Å². The molecular weight excluding hydrogens is 506 g/mol. The SMILES string of the molecule is C[C@H](NC(=O)c1c(N)nn2cccnc12)N1Cc2cccc(C#Cc3cnn(C)c3)c2C(=O)N1c1ccccc1. The molecule has 11 heteroatoms. The van der Waals surface area contributed by atoms with Crippen molar-refractivity contribution in [1.29, 1.82) is 0 Å². The van der Waals surface area contributed by atoms with E-state index in [1.165, 1.54) is 4.52 Å². The van der Waals surface area contributed by atoms with Crippen molar-refractivity contribution >= 4 is 29.0 Å². The third-order valence-electron chi connectivity index (χ3n) is 6.63. The molecule has 0 fully saturated rings. The minimum atomic E-state index is -0.604. The summed E-state index contributed by atoms with van der Waals surface area (Å²) in [6, 6.07) is 16.6. The van der Waals surface area contributed by atoms with Crippen molar-refractivity contribution in [1.82, 2.24) is 34.7 Å². The maximum atomic E-state index is 14.2. The molecule has 0 aliphatic carbocycles. The van der Waals surface area contributed by atoms with Crippen LogP contribution in [0, 0.1) is 11.8 Å². The Morgan fingerprint density at radius 3 is 2.70 bits per heavy atom. The van der Waals surface area contributed by atoms with E-state index in [-0.39, 0.29) is 17.3 Å². The lowest BCUT2D eigenvalue weighted by molar-refractivity contribution is 0.0697. The number of anilines is 2. The van der Waals surface area contributed by atoms with Crippen LogP contribution in [0.25, 0.3) is 5.65 Å². The van der Waals surface area contributed by atoms with E-state index in [0.29, 0.717) is 29.0 Å². The zero-order valence-electron chi connectivity index (χ0n) is 21.8. The molecule has 198 valence electrons. The van der Waals surface area contributed by atoms with Gasteiger partial charge in [0.25, 0.3) is 11.8 Å². The topological polar surface area (TPSA) is 127 Å². The number of nitrogens with zero attached hydrogens (tertiary/aromatic N) is 7. The maximum Gasteiger partial charge on any atom is 0.274 e. The van der Waals surface area contributed by atoms with E-state index in [1.54, 1.807) is 34.3 Å². The number of rotatable bonds is 4. The zero-order valence-corrected chi connectivity index (χ0v) is 21.8. The van der Waals surface area contributed by atoms with E-state index in [9.17, 15) is 9.59 Å². The van der Waals surface area contributed by atoms with Gasteiger partial charge in [-0.05, 0) is 36.8 Å². The Morgan fingerprint density at radius 1 is 1.10 bits per heavy atom. The molecule has 0 spiro atoms. The molecule has 4 heterocycles. The molecule has 1 atom stereocenters. The molecule has 6 rings (SSSR count). The highest BCUT2D eigenvalue weighted by atomic mass is 16.2. The monoisotopic (exact) mass is 531 g/mol. The van der Waals surface area contributed by atoms with Crippen LogP contribution in [0.15, 0.2) is 79.4 Å². The van der Waals surface area contributed by atoms with Gasteiger partial charge in [0.05, 0.1) is 29.2 Å². The minimum absolute atomic E-state index is 0.0696. The molecule has 2 aromatic carbocycles. The number of aromatic nitrogens is 5. The maximum absolute atomic E-state index is 14.2. The van der Waals surface area contributed by atoms with Crippen LogP contribution >= 0.6 is 0 Å². The van der Waals surface area contributed by atoms with Gasteiger partial charge in [0, 0.05) is 37.7 Å². The Bertz CT molecular complexity index is 1810. The molecule has 2 amide bonds. The van der Waals surface area contributed by atoms with Gasteiger partial charge >= 0.3 is 0 Å². The van der Waals surface area contributed by atoms with Crippen molar-refractivity contribution in [2.75, 3.05) is 10.7 Å². The fraction of sp³-hybridized carbons (Fsp3) is 0.138. The largest absolute Gasteiger partial charge is 0.381 e. The van der Waals surface area contributed by atoms with Crippen LogP contribution in [0.5, 0.6) is 0 Å². The molecule has 0 radical (unpaired) electrons. The summed E-state index contributed by atoms with van der Waals surface area (Å²) in [6.45, 7) is 2.16. The fourth-order valence-electron chi connectivity index (χ4n) is 4.78. The summed E-state index contributed by atoms with van der Waals surface area (Å²) in [5, 5.41) is 14.7. The Morgan fingerprint density at radius 2 is 1.93 bits per heavy atom. The Balaban J connectivity index is 1.37. The second-order valence-corrected chi connectivity index (χ2v) is 9.34. The van der Waals surface area contributed by atoms with Gasteiger partial charge in [0.2, 0.25) is 0 Å². The van der Waals surface area contributed by atoms with Crippen LogP contribution < -0.4 is 16.1 Å². The number of hydrazine groups is 1. The van der Waals surface area contributed by atoms with Crippen molar-refractivity contribution in [2.24, 2.45) is 7.05 Å². The lowest BCUT2D eigenvalue weighted by Crippen LogP contribution is -2.59. The van der Waals surface area contributed by atoms with Crippen LogP contribution in [0.3, 0.4) is 0 Å². The van der Waals surface area contributed by atoms with Crippen molar-refractivity contribution in [3.8, 4) is 11.8 Å². The van der Waals surface area contributed by atoms with Gasteiger partial charge < -0.3 is 11.1 Å². The second kappa shape index (κ2) is 10.0. The van der Waals surface area contributed by atoms with Crippen LogP contribution in [-0.2, 0) is 13.6 Å². The number of carbonyl (C=O) groups is 2. The van der Waals surface area contributed by atoms with Crippen molar-refractivity contribution in [3.05, 3.63) is 107 Å². The summed E-state index contributed by atoms with van der Waals surface area (Å²) in [6.07, 6.45) is 6.14. The van der Waals surface area contributed by atoms with E-state index < -0.39 is 12.1 Å².